The van der Waals surface area contributed by atoms with Crippen LogP contribution in [0.1, 0.15) is 390 Å². The standard InChI is InChI=1S/C81H162O9S5/c1-10-82-79(83-11-2,84-12-3)66-55-49-43-37-31-27-23-19-21-25-29-34-41-47-53-59-70-92-94-73-64-77-62-61-76(63-72-91-69-58-52-46-40-36-33-39-45-51-57-68-81(88-16-7,89-17-8)90-18-9)75-78(77)65-74-95-93-71-60-54-48-42-35-30-26-22-20-24-28-32-38-44-50-56-67-80(85-13-4,86-14-5)87-15-6/h76-78H,10-75H2,1-9H3. The third-order valence-electron chi connectivity index (χ3n) is 19.5. The van der Waals surface area contributed by atoms with Crippen molar-refractivity contribution < 1.29 is 42.6 Å². The van der Waals surface area contributed by atoms with E-state index < -0.39 is 17.9 Å². The molecule has 14 heteroatoms. The average Bonchev–Trinajstić information content (AvgIpc) is 1.04. The van der Waals surface area contributed by atoms with Crippen molar-refractivity contribution in [2.45, 2.75) is 408 Å². The van der Waals surface area contributed by atoms with Gasteiger partial charge in [0.15, 0.2) is 0 Å². The molecule has 1 rings (SSSR count). The monoisotopic (exact) mass is 1440 g/mol. The van der Waals surface area contributed by atoms with E-state index in [1.165, 1.54) is 323 Å². The van der Waals surface area contributed by atoms with Crippen LogP contribution in [-0.2, 0) is 42.6 Å². The number of ether oxygens (including phenoxy) is 9. The molecule has 0 radical (unpaired) electrons. The van der Waals surface area contributed by atoms with Gasteiger partial charge in [0.05, 0.1) is 0 Å². The highest BCUT2D eigenvalue weighted by Gasteiger charge is 2.34. The number of rotatable bonds is 80. The molecule has 3 atom stereocenters. The fourth-order valence-corrected chi connectivity index (χ4v) is 20.0. The summed E-state index contributed by atoms with van der Waals surface area (Å²) in [7, 11) is 8.80. The van der Waals surface area contributed by atoms with Gasteiger partial charge in [-0.25, -0.2) is 0 Å². The maximum Gasteiger partial charge on any atom is 0.282 e. The normalized spacial score (nSPS) is 15.7. The van der Waals surface area contributed by atoms with Crippen LogP contribution < -0.4 is 0 Å². The van der Waals surface area contributed by atoms with Gasteiger partial charge in [-0.3, -0.25) is 0 Å². The second-order valence-electron chi connectivity index (χ2n) is 27.5. The summed E-state index contributed by atoms with van der Waals surface area (Å²) in [6.07, 6.45) is 69.0. The molecule has 0 heterocycles. The van der Waals surface area contributed by atoms with E-state index in [1.807, 2.05) is 62.3 Å². The molecular weight excluding hydrogens is 1280 g/mol. The van der Waals surface area contributed by atoms with Gasteiger partial charge in [-0.2, -0.15) is 11.8 Å². The van der Waals surface area contributed by atoms with Gasteiger partial charge >= 0.3 is 0 Å². The van der Waals surface area contributed by atoms with Crippen LogP contribution >= 0.6 is 54.9 Å². The fourth-order valence-electron chi connectivity index (χ4n) is 14.3. The second kappa shape index (κ2) is 72.3. The highest BCUT2D eigenvalue weighted by molar-refractivity contribution is 8.77. The first-order valence-corrected chi connectivity index (χ1v) is 47.7. The van der Waals surface area contributed by atoms with E-state index in [1.54, 1.807) is 0 Å². The zero-order chi connectivity index (χ0) is 68.8. The summed E-state index contributed by atoms with van der Waals surface area (Å²) in [4.78, 5) is 0. The highest BCUT2D eigenvalue weighted by atomic mass is 33.1. The Labute approximate surface area is 612 Å². The van der Waals surface area contributed by atoms with Gasteiger partial charge < -0.3 is 42.6 Å². The lowest BCUT2D eigenvalue weighted by atomic mass is 9.71. The minimum absolute atomic E-state index is 0.616. The largest absolute Gasteiger partial charge is 0.328 e. The van der Waals surface area contributed by atoms with Crippen molar-refractivity contribution in [3.05, 3.63) is 0 Å². The molecule has 0 bridgehead atoms. The molecule has 9 nitrogen and oxygen atoms in total. The van der Waals surface area contributed by atoms with Gasteiger partial charge in [-0.1, -0.05) is 281 Å². The predicted molar refractivity (Wildman–Crippen MR) is 426 cm³/mol. The third kappa shape index (κ3) is 56.5. The third-order valence-corrected chi connectivity index (χ3v) is 25.6. The van der Waals surface area contributed by atoms with E-state index in [9.17, 15) is 0 Å². The Bertz CT molecular complexity index is 1460. The van der Waals surface area contributed by atoms with Crippen molar-refractivity contribution in [3.8, 4) is 0 Å². The lowest BCUT2D eigenvalue weighted by Crippen LogP contribution is -2.39. The lowest BCUT2D eigenvalue weighted by molar-refractivity contribution is -0.380. The Hall–Kier alpha value is 1.39. The lowest BCUT2D eigenvalue weighted by Gasteiger charge is -2.36. The van der Waals surface area contributed by atoms with E-state index in [0.717, 1.165) is 56.3 Å². The topological polar surface area (TPSA) is 83.1 Å². The number of hydrogen-bond donors (Lipinski definition) is 0. The van der Waals surface area contributed by atoms with E-state index in [2.05, 4.69) is 54.9 Å². The molecule has 0 amide bonds. The molecule has 0 aliphatic heterocycles. The summed E-state index contributed by atoms with van der Waals surface area (Å²) in [5.41, 5.74) is 0. The Morgan fingerprint density at radius 3 is 0.705 bits per heavy atom. The van der Waals surface area contributed by atoms with Gasteiger partial charge in [-0.15, -0.1) is 0 Å². The number of unbranched alkanes of at least 4 members (excludes halogenated alkanes) is 39. The highest BCUT2D eigenvalue weighted by Crippen LogP contribution is 2.42. The van der Waals surface area contributed by atoms with Crippen molar-refractivity contribution in [1.29, 1.82) is 0 Å². The minimum Gasteiger partial charge on any atom is -0.328 e. The second-order valence-corrected chi connectivity index (χ2v) is 34.1. The molecule has 0 aromatic heterocycles. The quantitative estimate of drug-likeness (QED) is 0.0329. The van der Waals surface area contributed by atoms with Gasteiger partial charge in [-0.05, 0) is 162 Å². The van der Waals surface area contributed by atoms with E-state index in [-0.39, 0.29) is 0 Å². The predicted octanol–water partition coefficient (Wildman–Crippen LogP) is 27.5. The number of hydrogen-bond acceptors (Lipinski definition) is 14. The summed E-state index contributed by atoms with van der Waals surface area (Å²) >= 11 is 2.27. The summed E-state index contributed by atoms with van der Waals surface area (Å²) in [6.45, 7) is 23.7. The molecule has 0 aromatic carbocycles. The molecule has 0 saturated heterocycles. The van der Waals surface area contributed by atoms with Crippen LogP contribution in [0, 0.1) is 17.8 Å². The molecule has 3 unspecified atom stereocenters. The fraction of sp³-hybridized carbons (Fsp3) is 1.00. The van der Waals surface area contributed by atoms with Gasteiger partial charge in [0.1, 0.15) is 0 Å². The molecule has 0 N–H and O–H groups in total. The van der Waals surface area contributed by atoms with E-state index >= 15 is 0 Å². The maximum atomic E-state index is 5.91. The molecule has 1 aliphatic carbocycles. The van der Waals surface area contributed by atoms with Crippen molar-refractivity contribution in [1.82, 2.24) is 0 Å². The molecule has 570 valence electrons. The molecular formula is C81H162O9S5. The molecule has 0 aromatic rings. The maximum absolute atomic E-state index is 5.91. The summed E-state index contributed by atoms with van der Waals surface area (Å²) < 4.78 is 53.1. The van der Waals surface area contributed by atoms with Crippen LogP contribution in [0.15, 0.2) is 0 Å². The Kier molecular flexibility index (Phi) is 71.9. The minimum atomic E-state index is -0.838. The summed E-state index contributed by atoms with van der Waals surface area (Å²) in [5.74, 6) is 8.54. The smallest absolute Gasteiger partial charge is 0.282 e. The molecule has 1 saturated carbocycles. The zero-order valence-electron chi connectivity index (χ0n) is 64.6. The van der Waals surface area contributed by atoms with Crippen molar-refractivity contribution in [3.63, 3.8) is 0 Å². The van der Waals surface area contributed by atoms with E-state index in [4.69, 9.17) is 42.6 Å². The molecule has 1 aliphatic rings. The Balaban J connectivity index is 2.26. The van der Waals surface area contributed by atoms with Crippen molar-refractivity contribution in [2.75, 3.05) is 94.0 Å². The number of thioether (sulfide) groups is 1. The Morgan fingerprint density at radius 2 is 0.442 bits per heavy atom. The first kappa shape index (κ1) is 94.4. The first-order valence-electron chi connectivity index (χ1n) is 41.6. The van der Waals surface area contributed by atoms with Crippen molar-refractivity contribution in [2.24, 2.45) is 17.8 Å². The Morgan fingerprint density at radius 1 is 0.221 bits per heavy atom. The van der Waals surface area contributed by atoms with Crippen LogP contribution in [0.2, 0.25) is 0 Å². The summed E-state index contributed by atoms with van der Waals surface area (Å²) in [6, 6.07) is 0. The summed E-state index contributed by atoms with van der Waals surface area (Å²) in [5, 5.41) is 0. The van der Waals surface area contributed by atoms with Crippen LogP contribution in [0.4, 0.5) is 0 Å². The zero-order valence-corrected chi connectivity index (χ0v) is 68.7. The SMILES string of the molecule is CCOC(CCCCCCCCCCCCCCCCCCSSCCC1CCC(CCSCCCCCCCCCCCCC(OCC)(OCC)OCC)CC1CCSSCCCCCCCCCCCCCCCCCCC(OCC)(OCC)OCC)(OCC)OCC. The van der Waals surface area contributed by atoms with Gasteiger partial charge in [0.25, 0.3) is 17.9 Å². The van der Waals surface area contributed by atoms with Gasteiger partial charge in [0.2, 0.25) is 0 Å². The molecule has 95 heavy (non-hydrogen) atoms. The van der Waals surface area contributed by atoms with Crippen LogP contribution in [0.3, 0.4) is 0 Å². The van der Waals surface area contributed by atoms with Crippen molar-refractivity contribution >= 4 is 54.9 Å². The van der Waals surface area contributed by atoms with Crippen LogP contribution in [0.5, 0.6) is 0 Å². The molecule has 0 spiro atoms. The molecule has 1 fully saturated rings. The first-order chi connectivity index (χ1) is 46.8. The van der Waals surface area contributed by atoms with Crippen LogP contribution in [0.25, 0.3) is 0 Å². The average molecular weight is 1440 g/mol. The van der Waals surface area contributed by atoms with E-state index in [0.29, 0.717) is 59.5 Å². The van der Waals surface area contributed by atoms with Crippen LogP contribution in [-0.4, -0.2) is 112 Å². The van der Waals surface area contributed by atoms with Gasteiger partial charge in [0, 0.05) is 102 Å².